The van der Waals surface area contributed by atoms with Gasteiger partial charge in [0.1, 0.15) is 5.71 Å². The summed E-state index contributed by atoms with van der Waals surface area (Å²) in [5.74, 6) is 2.50. The van der Waals surface area contributed by atoms with Crippen molar-refractivity contribution in [2.24, 2.45) is 22.4 Å². The molecule has 2 aromatic rings. The lowest BCUT2D eigenvalue weighted by Crippen LogP contribution is -2.27. The summed E-state index contributed by atoms with van der Waals surface area (Å²) in [5.41, 5.74) is 3.96. The van der Waals surface area contributed by atoms with E-state index in [2.05, 4.69) is 13.8 Å². The van der Waals surface area contributed by atoms with Gasteiger partial charge in [-0.05, 0) is 22.2 Å². The summed E-state index contributed by atoms with van der Waals surface area (Å²) in [5, 5.41) is 23.8. The first-order chi connectivity index (χ1) is 12.6. The van der Waals surface area contributed by atoms with E-state index in [1.54, 1.807) is 4.68 Å². The van der Waals surface area contributed by atoms with E-state index in [0.717, 1.165) is 22.6 Å². The van der Waals surface area contributed by atoms with Gasteiger partial charge >= 0.3 is 5.70 Å². The van der Waals surface area contributed by atoms with Crippen molar-refractivity contribution >= 4 is 17.3 Å². The zero-order valence-electron chi connectivity index (χ0n) is 14.7. The third-order valence-electron chi connectivity index (χ3n) is 5.42. The molecule has 0 aromatic heterocycles. The summed E-state index contributed by atoms with van der Waals surface area (Å²) in [4.78, 5) is 0. The predicted octanol–water partition coefficient (Wildman–Crippen LogP) is 3.82. The molecule has 0 N–H and O–H groups in total. The number of allylic oxidation sites excluding steroid dienone is 1. The van der Waals surface area contributed by atoms with Crippen molar-refractivity contribution in [3.8, 4) is 6.07 Å². The maximum atomic E-state index is 9.50. The van der Waals surface area contributed by atoms with E-state index in [0.29, 0.717) is 0 Å². The lowest BCUT2D eigenvalue weighted by atomic mass is 9.98. The summed E-state index contributed by atoms with van der Waals surface area (Å²) in [6.45, 7) is 4.46. The molecule has 0 saturated heterocycles. The van der Waals surface area contributed by atoms with E-state index in [1.807, 2.05) is 72.6 Å². The summed E-state index contributed by atoms with van der Waals surface area (Å²) in [6, 6.07) is 22.0. The standard InChI is InChI=1S/C22H18N4/c1-22(2)18-19(22)21(16-11-7-4-8-12-16)26(17(13-23)14-24)25-20(18)15-9-5-3-6-10-15/h3-12,18-19H,1-2H3/t18-,19+/m1/s1. The molecule has 0 unspecified atom stereocenters. The van der Waals surface area contributed by atoms with Gasteiger partial charge in [-0.2, -0.15) is 11.1 Å². The first kappa shape index (κ1) is 16.2. The Kier molecular flexibility index (Phi) is 3.68. The van der Waals surface area contributed by atoms with Crippen LogP contribution in [0.15, 0.2) is 71.5 Å². The van der Waals surface area contributed by atoms with Gasteiger partial charge in [0.15, 0.2) is 6.07 Å². The molecule has 2 aromatic carbocycles. The molecular formula is C22H18N4. The molecule has 2 aliphatic rings. The fourth-order valence-electron chi connectivity index (χ4n) is 4.06. The molecule has 2 atom stereocenters. The number of rotatable bonds is 3. The van der Waals surface area contributed by atoms with E-state index >= 15 is 0 Å². The number of nitriles is 1. The van der Waals surface area contributed by atoms with Crippen molar-refractivity contribution in [2.75, 3.05) is 0 Å². The van der Waals surface area contributed by atoms with Crippen LogP contribution in [0.3, 0.4) is 0 Å². The third-order valence-corrected chi connectivity index (χ3v) is 5.42. The topological polar surface area (TPSA) is 61.5 Å². The molecular weight excluding hydrogens is 320 g/mol. The van der Waals surface area contributed by atoms with Gasteiger partial charge in [-0.15, -0.1) is 0 Å². The van der Waals surface area contributed by atoms with Crippen LogP contribution in [0.5, 0.6) is 0 Å². The van der Waals surface area contributed by atoms with Gasteiger partial charge in [0, 0.05) is 22.1 Å². The van der Waals surface area contributed by atoms with Crippen LogP contribution in [-0.2, 0) is 0 Å². The molecule has 1 aliphatic heterocycles. The number of hydrogen-bond acceptors (Lipinski definition) is 2. The van der Waals surface area contributed by atoms with E-state index in [9.17, 15) is 10.7 Å². The van der Waals surface area contributed by atoms with Crippen LogP contribution in [0.2, 0.25) is 0 Å². The van der Waals surface area contributed by atoms with Crippen LogP contribution in [0.1, 0.15) is 25.0 Å². The Balaban J connectivity index is 2.01. The third kappa shape index (κ3) is 2.34. The molecule has 26 heavy (non-hydrogen) atoms. The minimum Gasteiger partial charge on any atom is -0.757 e. The van der Waals surface area contributed by atoms with Crippen LogP contribution in [0.4, 0.5) is 0 Å². The fraction of sp³-hybridized carbons (Fsp3) is 0.227. The predicted molar refractivity (Wildman–Crippen MR) is 102 cm³/mol. The van der Waals surface area contributed by atoms with Crippen LogP contribution < -0.4 is 0 Å². The molecule has 0 spiro atoms. The smallest absolute Gasteiger partial charge is 0.335 e. The second-order valence-corrected chi connectivity index (χ2v) is 7.26. The molecule has 4 rings (SSSR count). The van der Waals surface area contributed by atoms with Crippen molar-refractivity contribution < 1.29 is 4.68 Å². The Morgan fingerprint density at radius 3 is 2.12 bits per heavy atom. The average Bonchev–Trinajstić information content (AvgIpc) is 3.25. The molecule has 0 radical (unpaired) electrons. The molecule has 4 nitrogen and oxygen atoms in total. The Labute approximate surface area is 152 Å². The van der Waals surface area contributed by atoms with Crippen LogP contribution >= 0.6 is 0 Å². The zero-order chi connectivity index (χ0) is 18.3. The number of benzene rings is 2. The van der Waals surface area contributed by atoms with Gasteiger partial charge in [0.2, 0.25) is 5.71 Å². The van der Waals surface area contributed by atoms with Gasteiger partial charge in [0.25, 0.3) is 0 Å². The molecule has 1 heterocycles. The summed E-state index contributed by atoms with van der Waals surface area (Å²) in [6.07, 6.45) is 0. The quantitative estimate of drug-likeness (QED) is 0.477. The molecule has 1 fully saturated rings. The highest BCUT2D eigenvalue weighted by molar-refractivity contribution is 6.13. The highest BCUT2D eigenvalue weighted by atomic mass is 15.4. The van der Waals surface area contributed by atoms with Crippen molar-refractivity contribution in [1.82, 2.24) is 0 Å². The first-order valence-corrected chi connectivity index (χ1v) is 8.63. The largest absolute Gasteiger partial charge is 0.757 e. The van der Waals surface area contributed by atoms with Crippen molar-refractivity contribution in [3.05, 3.63) is 82.9 Å². The highest BCUT2D eigenvalue weighted by Gasteiger charge is 2.68. The Morgan fingerprint density at radius 2 is 1.58 bits per heavy atom. The average molecular weight is 338 g/mol. The number of hydrazone groups is 1. The van der Waals surface area contributed by atoms with Crippen molar-refractivity contribution in [2.45, 2.75) is 13.8 Å². The lowest BCUT2D eigenvalue weighted by Gasteiger charge is -2.11. The molecule has 1 saturated carbocycles. The second-order valence-electron chi connectivity index (χ2n) is 7.26. The molecule has 126 valence electrons. The minimum atomic E-state index is -0.00145. The maximum absolute atomic E-state index is 9.50. The number of hydrogen-bond donors (Lipinski definition) is 0. The van der Waals surface area contributed by atoms with Crippen LogP contribution in [0, 0.1) is 28.6 Å². The minimum absolute atomic E-state index is 0.00145. The summed E-state index contributed by atoms with van der Waals surface area (Å²) >= 11 is 0. The molecule has 1 aliphatic carbocycles. The van der Waals surface area contributed by atoms with Crippen LogP contribution in [0.25, 0.3) is 5.41 Å². The SMILES string of the molecule is CC1(C)[C@@H]2C(c3ccccc3)=[N+](C(=C=[N-])C#N)N=C(c3ccccc3)[C@@H]21. The fourth-order valence-corrected chi connectivity index (χ4v) is 4.06. The van der Waals surface area contributed by atoms with E-state index in [-0.39, 0.29) is 22.9 Å². The molecule has 0 bridgehead atoms. The summed E-state index contributed by atoms with van der Waals surface area (Å²) < 4.78 is 1.56. The van der Waals surface area contributed by atoms with Gasteiger partial charge in [-0.1, -0.05) is 62.4 Å². The Bertz CT molecular complexity index is 1020. The molecule has 4 heteroatoms. The normalized spacial score (nSPS) is 22.6. The Morgan fingerprint density at radius 1 is 1.00 bits per heavy atom. The highest BCUT2D eigenvalue weighted by Crippen LogP contribution is 2.62. The zero-order valence-corrected chi connectivity index (χ0v) is 14.7. The number of fused-ring (bicyclic) bond motifs is 1. The summed E-state index contributed by atoms with van der Waals surface area (Å²) in [7, 11) is 0. The van der Waals surface area contributed by atoms with Gasteiger partial charge in [-0.3, -0.25) is 0 Å². The maximum Gasteiger partial charge on any atom is 0.335 e. The van der Waals surface area contributed by atoms with E-state index < -0.39 is 0 Å². The number of nitrogens with zero attached hydrogens (tertiary/aromatic N) is 4. The van der Waals surface area contributed by atoms with E-state index in [1.165, 1.54) is 0 Å². The van der Waals surface area contributed by atoms with Gasteiger partial charge in [-0.25, -0.2) is 0 Å². The van der Waals surface area contributed by atoms with E-state index in [4.69, 9.17) is 5.10 Å². The van der Waals surface area contributed by atoms with Gasteiger partial charge < -0.3 is 5.41 Å². The Hall–Kier alpha value is -3.28. The first-order valence-electron chi connectivity index (χ1n) is 8.63. The van der Waals surface area contributed by atoms with Gasteiger partial charge in [0.05, 0.1) is 5.92 Å². The molecule has 0 amide bonds. The second kappa shape index (κ2) is 5.91. The lowest BCUT2D eigenvalue weighted by molar-refractivity contribution is -0.476. The van der Waals surface area contributed by atoms with Crippen molar-refractivity contribution in [1.29, 1.82) is 5.26 Å². The monoisotopic (exact) mass is 338 g/mol. The van der Waals surface area contributed by atoms with Crippen molar-refractivity contribution in [3.63, 3.8) is 0 Å². The van der Waals surface area contributed by atoms with Crippen LogP contribution in [-0.4, -0.2) is 22.0 Å².